The number of nitrogens with zero attached hydrogens (tertiary/aromatic N) is 2. The third kappa shape index (κ3) is 3.57. The van der Waals surface area contributed by atoms with E-state index in [1.807, 2.05) is 19.9 Å². The Bertz CT molecular complexity index is 603. The zero-order valence-electron chi connectivity index (χ0n) is 12.3. The number of hydrogen-bond donors (Lipinski definition) is 0. The fourth-order valence-corrected chi connectivity index (χ4v) is 3.60. The lowest BCUT2D eigenvalue weighted by Crippen LogP contribution is -2.39. The predicted octanol–water partition coefficient (Wildman–Crippen LogP) is 1.91. The summed E-state index contributed by atoms with van der Waals surface area (Å²) in [7, 11) is -2.04. The Morgan fingerprint density at radius 2 is 2.05 bits per heavy atom. The van der Waals surface area contributed by atoms with Crippen molar-refractivity contribution in [3.05, 3.63) is 29.3 Å². The molecule has 0 aliphatic rings. The van der Waals surface area contributed by atoms with Gasteiger partial charge in [0.15, 0.2) is 0 Å². The number of aryl methyl sites for hydroxylation is 1. The molecule has 0 radical (unpaired) electrons. The van der Waals surface area contributed by atoms with E-state index in [1.165, 1.54) is 29.6 Å². The highest BCUT2D eigenvalue weighted by atomic mass is 32.2. The van der Waals surface area contributed by atoms with Crippen LogP contribution in [0.5, 0.6) is 0 Å². The second kappa shape index (κ2) is 6.84. The molecule has 110 valence electrons. The fraction of sp³-hybridized carbons (Fsp3) is 0.500. The first-order chi connectivity index (χ1) is 9.34. The van der Waals surface area contributed by atoms with E-state index in [1.54, 1.807) is 6.92 Å². The van der Waals surface area contributed by atoms with Gasteiger partial charge in [-0.3, -0.25) is 0 Å². The Morgan fingerprint density at radius 1 is 1.40 bits per heavy atom. The number of benzene rings is 1. The lowest BCUT2D eigenvalue weighted by Gasteiger charge is -2.25. The molecule has 20 heavy (non-hydrogen) atoms. The summed E-state index contributed by atoms with van der Waals surface area (Å²) < 4.78 is 31.6. The van der Waals surface area contributed by atoms with Crippen molar-refractivity contribution in [1.82, 2.24) is 4.31 Å². The molecular formula is C14H20N2O3S. The second-order valence-corrected chi connectivity index (χ2v) is 6.68. The summed E-state index contributed by atoms with van der Waals surface area (Å²) >= 11 is 0. The van der Waals surface area contributed by atoms with Crippen molar-refractivity contribution in [2.24, 2.45) is 0 Å². The van der Waals surface area contributed by atoms with Crippen LogP contribution in [0.4, 0.5) is 0 Å². The Kier molecular flexibility index (Phi) is 5.69. The molecule has 0 unspecified atom stereocenters. The molecule has 0 aliphatic carbocycles. The van der Waals surface area contributed by atoms with E-state index in [0.29, 0.717) is 24.3 Å². The standard InChI is InChI=1S/C14H20N2O3S/c1-11(2)16(7-8-19-4)20(17,18)14-6-5-13(10-15)12(3)9-14/h5-6,9,11H,7-8H2,1-4H3. The lowest BCUT2D eigenvalue weighted by molar-refractivity contribution is 0.171. The molecule has 0 N–H and O–H groups in total. The van der Waals surface area contributed by atoms with E-state index in [0.717, 1.165) is 0 Å². The summed E-state index contributed by atoms with van der Waals surface area (Å²) in [5.41, 5.74) is 1.14. The average molecular weight is 296 g/mol. The molecule has 0 atom stereocenters. The molecule has 0 saturated heterocycles. The van der Waals surface area contributed by atoms with E-state index >= 15 is 0 Å². The molecule has 5 nitrogen and oxygen atoms in total. The van der Waals surface area contributed by atoms with Gasteiger partial charge < -0.3 is 4.74 Å². The van der Waals surface area contributed by atoms with Gasteiger partial charge in [-0.15, -0.1) is 0 Å². The second-order valence-electron chi connectivity index (χ2n) is 4.79. The molecule has 6 heteroatoms. The van der Waals surface area contributed by atoms with Gasteiger partial charge in [-0.25, -0.2) is 8.42 Å². The fourth-order valence-electron chi connectivity index (χ4n) is 1.89. The molecule has 0 saturated carbocycles. The largest absolute Gasteiger partial charge is 0.383 e. The summed E-state index contributed by atoms with van der Waals surface area (Å²) in [6, 6.07) is 6.42. The molecule has 0 heterocycles. The molecule has 0 aromatic heterocycles. The van der Waals surface area contributed by atoms with Crippen LogP contribution in [-0.2, 0) is 14.8 Å². The molecular weight excluding hydrogens is 276 g/mol. The number of rotatable bonds is 6. The zero-order valence-corrected chi connectivity index (χ0v) is 13.1. The maximum Gasteiger partial charge on any atom is 0.243 e. The maximum atomic E-state index is 12.6. The van der Waals surface area contributed by atoms with Crippen molar-refractivity contribution in [2.75, 3.05) is 20.3 Å². The van der Waals surface area contributed by atoms with Gasteiger partial charge in [-0.1, -0.05) is 0 Å². The van der Waals surface area contributed by atoms with Crippen molar-refractivity contribution >= 4 is 10.0 Å². The average Bonchev–Trinajstić information content (AvgIpc) is 2.38. The molecule has 0 fully saturated rings. The van der Waals surface area contributed by atoms with Crippen molar-refractivity contribution in [1.29, 1.82) is 5.26 Å². The number of nitriles is 1. The zero-order chi connectivity index (χ0) is 15.3. The minimum absolute atomic E-state index is 0.161. The van der Waals surface area contributed by atoms with Crippen LogP contribution in [0, 0.1) is 18.3 Å². The van der Waals surface area contributed by atoms with Crippen LogP contribution in [0.1, 0.15) is 25.0 Å². The third-order valence-electron chi connectivity index (χ3n) is 3.02. The van der Waals surface area contributed by atoms with Crippen LogP contribution in [0.25, 0.3) is 0 Å². The van der Waals surface area contributed by atoms with Crippen molar-refractivity contribution in [2.45, 2.75) is 31.7 Å². The predicted molar refractivity (Wildman–Crippen MR) is 76.8 cm³/mol. The highest BCUT2D eigenvalue weighted by Gasteiger charge is 2.26. The molecule has 1 aromatic rings. The summed E-state index contributed by atoms with van der Waals surface area (Å²) in [4.78, 5) is 0.207. The first-order valence-electron chi connectivity index (χ1n) is 6.36. The SMILES string of the molecule is COCCN(C(C)C)S(=O)(=O)c1ccc(C#N)c(C)c1. The highest BCUT2D eigenvalue weighted by Crippen LogP contribution is 2.20. The number of ether oxygens (including phenoxy) is 1. The summed E-state index contributed by atoms with van der Waals surface area (Å²) in [6.45, 7) is 6.02. The molecule has 1 aromatic carbocycles. The highest BCUT2D eigenvalue weighted by molar-refractivity contribution is 7.89. The molecule has 0 bridgehead atoms. The van der Waals surface area contributed by atoms with Crippen molar-refractivity contribution < 1.29 is 13.2 Å². The summed E-state index contributed by atoms with van der Waals surface area (Å²) in [5, 5.41) is 8.90. The van der Waals surface area contributed by atoms with Gasteiger partial charge in [-0.2, -0.15) is 9.57 Å². The molecule has 0 amide bonds. The third-order valence-corrected chi connectivity index (χ3v) is 5.09. The van der Waals surface area contributed by atoms with Crippen LogP contribution in [0.2, 0.25) is 0 Å². The topological polar surface area (TPSA) is 70.4 Å². The smallest absolute Gasteiger partial charge is 0.243 e. The first kappa shape index (κ1) is 16.6. The summed E-state index contributed by atoms with van der Waals surface area (Å²) in [5.74, 6) is 0. The van der Waals surface area contributed by atoms with Crippen molar-refractivity contribution in [3.8, 4) is 6.07 Å². The quantitative estimate of drug-likeness (QED) is 0.804. The minimum atomic E-state index is -3.58. The Labute approximate surface area is 120 Å². The van der Waals surface area contributed by atoms with Crippen molar-refractivity contribution in [3.63, 3.8) is 0 Å². The lowest BCUT2D eigenvalue weighted by atomic mass is 10.1. The van der Waals surface area contributed by atoms with E-state index in [-0.39, 0.29) is 10.9 Å². The van der Waals surface area contributed by atoms with Gasteiger partial charge in [0, 0.05) is 19.7 Å². The molecule has 0 spiro atoms. The number of methoxy groups -OCH3 is 1. The van der Waals surface area contributed by atoms with Crippen LogP contribution in [0.3, 0.4) is 0 Å². The van der Waals surface area contributed by atoms with Crippen LogP contribution < -0.4 is 0 Å². The van der Waals surface area contributed by atoms with Crippen LogP contribution in [-0.4, -0.2) is 39.0 Å². The van der Waals surface area contributed by atoms with Gasteiger partial charge >= 0.3 is 0 Å². The van der Waals surface area contributed by atoms with E-state index in [2.05, 4.69) is 0 Å². The van der Waals surface area contributed by atoms with Gasteiger partial charge in [-0.05, 0) is 44.5 Å². The van der Waals surface area contributed by atoms with E-state index in [4.69, 9.17) is 10.00 Å². The molecule has 1 rings (SSSR count). The Morgan fingerprint density at radius 3 is 2.50 bits per heavy atom. The maximum absolute atomic E-state index is 12.6. The van der Waals surface area contributed by atoms with Gasteiger partial charge in [0.1, 0.15) is 0 Å². The van der Waals surface area contributed by atoms with Gasteiger partial charge in [0.25, 0.3) is 0 Å². The monoisotopic (exact) mass is 296 g/mol. The number of hydrogen-bond acceptors (Lipinski definition) is 4. The van der Waals surface area contributed by atoms with E-state index in [9.17, 15) is 8.42 Å². The molecule has 0 aliphatic heterocycles. The first-order valence-corrected chi connectivity index (χ1v) is 7.80. The van der Waals surface area contributed by atoms with Crippen LogP contribution >= 0.6 is 0 Å². The van der Waals surface area contributed by atoms with Gasteiger partial charge in [0.2, 0.25) is 10.0 Å². The van der Waals surface area contributed by atoms with Crippen LogP contribution in [0.15, 0.2) is 23.1 Å². The Hall–Kier alpha value is -1.42. The Balaban J connectivity index is 3.20. The minimum Gasteiger partial charge on any atom is -0.383 e. The van der Waals surface area contributed by atoms with E-state index < -0.39 is 10.0 Å². The number of sulfonamides is 1. The normalized spacial score (nSPS) is 11.8. The summed E-state index contributed by atoms with van der Waals surface area (Å²) in [6.07, 6.45) is 0. The van der Waals surface area contributed by atoms with Gasteiger partial charge in [0.05, 0.1) is 23.1 Å².